The first-order valence-corrected chi connectivity index (χ1v) is 9.38. The zero-order valence-corrected chi connectivity index (χ0v) is 15.1. The van der Waals surface area contributed by atoms with E-state index in [0.29, 0.717) is 16.8 Å². The molecule has 3 aliphatic heterocycles. The number of hydrogen-bond donors (Lipinski definition) is 1. The van der Waals surface area contributed by atoms with Gasteiger partial charge in [-0.3, -0.25) is 4.90 Å². The molecule has 134 valence electrons. The number of fused-ring (bicyclic) bond motifs is 3. The van der Waals surface area contributed by atoms with E-state index >= 15 is 0 Å². The molecule has 2 aromatic carbocycles. The number of rotatable bonds is 0. The summed E-state index contributed by atoms with van der Waals surface area (Å²) in [5.41, 5.74) is 1.74. The van der Waals surface area contributed by atoms with Gasteiger partial charge in [0.1, 0.15) is 17.3 Å². The second-order valence-corrected chi connectivity index (χ2v) is 7.57. The van der Waals surface area contributed by atoms with E-state index in [1.54, 1.807) is 0 Å². The highest BCUT2D eigenvalue weighted by molar-refractivity contribution is 6.31. The molecular weight excluding hydrogens is 350 g/mol. The Hall–Kier alpha value is -2.08. The van der Waals surface area contributed by atoms with E-state index in [4.69, 9.17) is 21.3 Å². The molecule has 0 spiro atoms. The number of aliphatic imine (C=N–C) groups is 1. The highest BCUT2D eigenvalue weighted by atomic mass is 35.5. The number of amidine groups is 1. The largest absolute Gasteiger partial charge is 0.454 e. The van der Waals surface area contributed by atoms with Crippen molar-refractivity contribution in [2.45, 2.75) is 18.6 Å². The Kier molecular flexibility index (Phi) is 3.89. The van der Waals surface area contributed by atoms with E-state index in [1.807, 2.05) is 36.4 Å². The number of aliphatic hydroxyl groups excluding tert-OH is 1. The molecule has 2 saturated heterocycles. The van der Waals surface area contributed by atoms with Gasteiger partial charge in [0.25, 0.3) is 0 Å². The van der Waals surface area contributed by atoms with Crippen LogP contribution in [0.2, 0.25) is 5.02 Å². The highest BCUT2D eigenvalue weighted by Crippen LogP contribution is 2.40. The molecule has 2 atom stereocenters. The van der Waals surface area contributed by atoms with Crippen LogP contribution in [-0.4, -0.2) is 59.1 Å². The monoisotopic (exact) mass is 369 g/mol. The second kappa shape index (κ2) is 6.27. The predicted octanol–water partition coefficient (Wildman–Crippen LogP) is 3.27. The first-order valence-electron chi connectivity index (χ1n) is 9.00. The van der Waals surface area contributed by atoms with Gasteiger partial charge < -0.3 is 14.7 Å². The van der Waals surface area contributed by atoms with Crippen molar-refractivity contribution in [2.75, 3.05) is 26.2 Å². The molecule has 2 fully saturated rings. The molecule has 0 aliphatic carbocycles. The summed E-state index contributed by atoms with van der Waals surface area (Å²) in [6.45, 7) is 3.46. The molecule has 2 aromatic rings. The molecule has 5 rings (SSSR count). The molecule has 5 nitrogen and oxygen atoms in total. The number of halogens is 1. The molecule has 0 radical (unpaired) electrons. The van der Waals surface area contributed by atoms with Crippen LogP contribution < -0.4 is 4.74 Å². The lowest BCUT2D eigenvalue weighted by atomic mass is 10.1. The molecule has 0 aromatic heterocycles. The third-order valence-corrected chi connectivity index (χ3v) is 5.62. The van der Waals surface area contributed by atoms with E-state index in [9.17, 15) is 5.11 Å². The van der Waals surface area contributed by atoms with Crippen LogP contribution in [0, 0.1) is 0 Å². The van der Waals surface area contributed by atoms with E-state index in [0.717, 1.165) is 55.4 Å². The third kappa shape index (κ3) is 2.76. The maximum Gasteiger partial charge on any atom is 0.153 e. The smallest absolute Gasteiger partial charge is 0.153 e. The van der Waals surface area contributed by atoms with Crippen LogP contribution >= 0.6 is 11.6 Å². The van der Waals surface area contributed by atoms with Gasteiger partial charge in [-0.25, -0.2) is 4.99 Å². The topological polar surface area (TPSA) is 48.3 Å². The molecule has 3 heterocycles. The summed E-state index contributed by atoms with van der Waals surface area (Å²) in [5.74, 6) is 2.44. The SMILES string of the molecule is OC1CC2CN(C3=Nc4cc(Cl)ccc4Oc4ccccc43)CCN2C1. The van der Waals surface area contributed by atoms with Crippen molar-refractivity contribution in [3.8, 4) is 11.5 Å². The van der Waals surface area contributed by atoms with Gasteiger partial charge in [-0.1, -0.05) is 23.7 Å². The van der Waals surface area contributed by atoms with Gasteiger partial charge in [0.15, 0.2) is 5.75 Å². The second-order valence-electron chi connectivity index (χ2n) is 7.13. The van der Waals surface area contributed by atoms with Crippen molar-refractivity contribution in [3.05, 3.63) is 53.1 Å². The number of piperazine rings is 1. The molecular formula is C20H20ClN3O2. The van der Waals surface area contributed by atoms with Crippen molar-refractivity contribution in [2.24, 2.45) is 4.99 Å². The molecule has 26 heavy (non-hydrogen) atoms. The van der Waals surface area contributed by atoms with Crippen LogP contribution in [0.5, 0.6) is 11.5 Å². The molecule has 2 unspecified atom stereocenters. The Balaban J connectivity index is 1.57. The van der Waals surface area contributed by atoms with Gasteiger partial charge in [-0.15, -0.1) is 0 Å². The maximum atomic E-state index is 9.99. The lowest BCUT2D eigenvalue weighted by molar-refractivity contribution is 0.143. The molecule has 0 amide bonds. The van der Waals surface area contributed by atoms with Crippen molar-refractivity contribution in [1.82, 2.24) is 9.80 Å². The van der Waals surface area contributed by atoms with Crippen molar-refractivity contribution >= 4 is 23.1 Å². The Morgan fingerprint density at radius 1 is 1.08 bits per heavy atom. The first kappa shape index (κ1) is 16.1. The van der Waals surface area contributed by atoms with Gasteiger partial charge in [0.05, 0.1) is 11.7 Å². The Morgan fingerprint density at radius 2 is 1.96 bits per heavy atom. The van der Waals surface area contributed by atoms with Gasteiger partial charge in [-0.05, 0) is 36.8 Å². The maximum absolute atomic E-state index is 9.99. The molecule has 0 saturated carbocycles. The van der Waals surface area contributed by atoms with E-state index < -0.39 is 0 Å². The minimum Gasteiger partial charge on any atom is -0.454 e. The summed E-state index contributed by atoms with van der Waals surface area (Å²) in [4.78, 5) is 9.65. The lowest BCUT2D eigenvalue weighted by Gasteiger charge is -2.39. The fraction of sp³-hybridized carbons (Fsp3) is 0.350. The standard InChI is InChI=1S/C20H20ClN3O2/c21-13-5-6-19-17(9-13)22-20(16-3-1-2-4-18(16)26-19)24-8-7-23-12-15(25)10-14(23)11-24/h1-6,9,14-15,25H,7-8,10-12H2. The van der Waals surface area contributed by atoms with Crippen molar-refractivity contribution in [1.29, 1.82) is 0 Å². The van der Waals surface area contributed by atoms with Crippen LogP contribution in [0.4, 0.5) is 5.69 Å². The van der Waals surface area contributed by atoms with Crippen molar-refractivity contribution < 1.29 is 9.84 Å². The molecule has 3 aliphatic rings. The summed E-state index contributed by atoms with van der Waals surface area (Å²) < 4.78 is 6.13. The fourth-order valence-electron chi connectivity index (χ4n) is 4.15. The number of ether oxygens (including phenoxy) is 1. The number of para-hydroxylation sites is 1. The molecule has 0 bridgehead atoms. The van der Waals surface area contributed by atoms with Gasteiger partial charge in [-0.2, -0.15) is 0 Å². The third-order valence-electron chi connectivity index (χ3n) is 5.39. The average Bonchev–Trinajstić information content (AvgIpc) is 2.92. The molecule has 6 heteroatoms. The first-order chi connectivity index (χ1) is 12.7. The molecule has 1 N–H and O–H groups in total. The van der Waals surface area contributed by atoms with E-state index in [2.05, 4.69) is 15.9 Å². The van der Waals surface area contributed by atoms with Crippen LogP contribution in [0.25, 0.3) is 0 Å². The fourth-order valence-corrected chi connectivity index (χ4v) is 4.31. The normalized spacial score (nSPS) is 24.8. The summed E-state index contributed by atoms with van der Waals surface area (Å²) in [6.07, 6.45) is 0.607. The van der Waals surface area contributed by atoms with Crippen LogP contribution in [0.1, 0.15) is 12.0 Å². The van der Waals surface area contributed by atoms with Gasteiger partial charge >= 0.3 is 0 Å². The number of nitrogens with zero attached hydrogens (tertiary/aromatic N) is 3. The lowest BCUT2D eigenvalue weighted by Crippen LogP contribution is -2.52. The summed E-state index contributed by atoms with van der Waals surface area (Å²) in [7, 11) is 0. The highest BCUT2D eigenvalue weighted by Gasteiger charge is 2.37. The van der Waals surface area contributed by atoms with Crippen LogP contribution in [0.3, 0.4) is 0 Å². The summed E-state index contributed by atoms with van der Waals surface area (Å²) in [5, 5.41) is 10.6. The van der Waals surface area contributed by atoms with Gasteiger partial charge in [0, 0.05) is 37.2 Å². The van der Waals surface area contributed by atoms with E-state index in [1.165, 1.54) is 0 Å². The summed E-state index contributed by atoms with van der Waals surface area (Å²) in [6, 6.07) is 13.9. The van der Waals surface area contributed by atoms with Crippen LogP contribution in [0.15, 0.2) is 47.5 Å². The minimum absolute atomic E-state index is 0.217. The van der Waals surface area contributed by atoms with Crippen LogP contribution in [-0.2, 0) is 0 Å². The zero-order valence-electron chi connectivity index (χ0n) is 14.3. The Morgan fingerprint density at radius 3 is 2.88 bits per heavy atom. The Labute approximate surface area is 157 Å². The predicted molar refractivity (Wildman–Crippen MR) is 102 cm³/mol. The minimum atomic E-state index is -0.217. The van der Waals surface area contributed by atoms with Gasteiger partial charge in [0.2, 0.25) is 0 Å². The summed E-state index contributed by atoms with van der Waals surface area (Å²) >= 11 is 6.19. The van der Waals surface area contributed by atoms with E-state index in [-0.39, 0.29) is 6.10 Å². The Bertz CT molecular complexity index is 885. The number of hydrogen-bond acceptors (Lipinski definition) is 5. The van der Waals surface area contributed by atoms with Crippen molar-refractivity contribution in [3.63, 3.8) is 0 Å². The quantitative estimate of drug-likeness (QED) is 0.774. The zero-order chi connectivity index (χ0) is 17.7. The number of benzene rings is 2. The number of aliphatic hydroxyl groups is 1. The average molecular weight is 370 g/mol.